The summed E-state index contributed by atoms with van der Waals surface area (Å²) < 4.78 is 5.53. The van der Waals surface area contributed by atoms with Crippen molar-refractivity contribution < 1.29 is 9.32 Å². The summed E-state index contributed by atoms with van der Waals surface area (Å²) in [6.07, 6.45) is 0.957. The van der Waals surface area contributed by atoms with Crippen molar-refractivity contribution >= 4 is 5.91 Å². The smallest absolute Gasteiger partial charge is 0.253 e. The zero-order valence-corrected chi connectivity index (χ0v) is 15.3. The topological polar surface area (TPSA) is 49.6 Å². The van der Waals surface area contributed by atoms with E-state index in [9.17, 15) is 4.79 Å². The van der Waals surface area contributed by atoms with Gasteiger partial charge in [-0.2, -0.15) is 0 Å². The lowest BCUT2D eigenvalue weighted by atomic mass is 10.1. The number of aromatic nitrogens is 1. The van der Waals surface area contributed by atoms with Crippen molar-refractivity contribution in [3.05, 3.63) is 78.1 Å². The molecule has 1 aromatic heterocycles. The lowest BCUT2D eigenvalue weighted by Crippen LogP contribution is -2.35. The number of nitrogens with zero attached hydrogens (tertiary/aromatic N) is 3. The highest BCUT2D eigenvalue weighted by Crippen LogP contribution is 2.20. The van der Waals surface area contributed by atoms with Gasteiger partial charge in [-0.1, -0.05) is 53.7 Å². The first-order valence-corrected chi connectivity index (χ1v) is 9.37. The van der Waals surface area contributed by atoms with E-state index in [-0.39, 0.29) is 5.91 Å². The van der Waals surface area contributed by atoms with Gasteiger partial charge < -0.3 is 9.42 Å². The molecule has 0 saturated carbocycles. The van der Waals surface area contributed by atoms with E-state index >= 15 is 0 Å². The molecule has 0 radical (unpaired) electrons. The molecule has 3 aromatic rings. The van der Waals surface area contributed by atoms with Gasteiger partial charge >= 0.3 is 0 Å². The van der Waals surface area contributed by atoms with Crippen LogP contribution >= 0.6 is 0 Å². The zero-order chi connectivity index (χ0) is 18.5. The Bertz CT molecular complexity index is 877. The molecule has 1 saturated heterocycles. The molecular weight excluding hydrogens is 338 g/mol. The maximum atomic E-state index is 12.7. The summed E-state index contributed by atoms with van der Waals surface area (Å²) in [7, 11) is 0. The average molecular weight is 361 g/mol. The average Bonchev–Trinajstić information content (AvgIpc) is 3.07. The largest absolute Gasteiger partial charge is 0.359 e. The molecule has 0 bridgehead atoms. The maximum absolute atomic E-state index is 12.7. The molecule has 0 atom stereocenters. The minimum absolute atomic E-state index is 0.114. The SMILES string of the molecule is O=C(c1ccccc1)N1CCCN(Cc2cc(-c3ccccc3)no2)CC1. The van der Waals surface area contributed by atoms with Crippen LogP contribution in [0.3, 0.4) is 0 Å². The second-order valence-electron chi connectivity index (χ2n) is 6.83. The van der Waals surface area contributed by atoms with E-state index in [4.69, 9.17) is 4.52 Å². The Morgan fingerprint density at radius 3 is 2.44 bits per heavy atom. The lowest BCUT2D eigenvalue weighted by Gasteiger charge is -2.21. The first kappa shape index (κ1) is 17.5. The van der Waals surface area contributed by atoms with Crippen LogP contribution in [0.25, 0.3) is 11.3 Å². The number of rotatable bonds is 4. The van der Waals surface area contributed by atoms with Crippen LogP contribution in [0.15, 0.2) is 71.3 Å². The van der Waals surface area contributed by atoms with Crippen molar-refractivity contribution in [3.63, 3.8) is 0 Å². The molecule has 2 heterocycles. The predicted octanol–water partition coefficient (Wildman–Crippen LogP) is 3.69. The maximum Gasteiger partial charge on any atom is 0.253 e. The van der Waals surface area contributed by atoms with Crippen LogP contribution in [0.1, 0.15) is 22.5 Å². The third-order valence-electron chi connectivity index (χ3n) is 4.90. The van der Waals surface area contributed by atoms with Crippen molar-refractivity contribution in [2.75, 3.05) is 26.2 Å². The molecule has 0 N–H and O–H groups in total. The fraction of sp³-hybridized carbons (Fsp3) is 0.273. The zero-order valence-electron chi connectivity index (χ0n) is 15.3. The molecule has 5 heteroatoms. The second kappa shape index (κ2) is 8.18. The van der Waals surface area contributed by atoms with E-state index < -0.39 is 0 Å². The Balaban J connectivity index is 1.36. The van der Waals surface area contributed by atoms with Crippen molar-refractivity contribution in [2.24, 2.45) is 0 Å². The van der Waals surface area contributed by atoms with Crippen LogP contribution in [0.2, 0.25) is 0 Å². The van der Waals surface area contributed by atoms with Gasteiger partial charge in [0.05, 0.1) is 6.54 Å². The highest BCUT2D eigenvalue weighted by Gasteiger charge is 2.21. The van der Waals surface area contributed by atoms with Crippen molar-refractivity contribution in [3.8, 4) is 11.3 Å². The standard InChI is InChI=1S/C22H23N3O2/c26-22(19-10-5-2-6-11-19)25-13-7-12-24(14-15-25)17-20-16-21(23-27-20)18-8-3-1-4-9-18/h1-6,8-11,16H,7,12-15,17H2. The molecule has 1 aliphatic rings. The number of hydrogen-bond acceptors (Lipinski definition) is 4. The Morgan fingerprint density at radius 2 is 1.67 bits per heavy atom. The van der Waals surface area contributed by atoms with Crippen LogP contribution in [-0.4, -0.2) is 47.0 Å². The van der Waals surface area contributed by atoms with Crippen LogP contribution < -0.4 is 0 Å². The van der Waals surface area contributed by atoms with Crippen molar-refractivity contribution in [1.29, 1.82) is 0 Å². The number of benzene rings is 2. The molecule has 0 aliphatic carbocycles. The quantitative estimate of drug-likeness (QED) is 0.711. The molecule has 5 nitrogen and oxygen atoms in total. The molecule has 1 amide bonds. The summed E-state index contributed by atoms with van der Waals surface area (Å²) in [6, 6.07) is 21.6. The van der Waals surface area contributed by atoms with E-state index in [0.29, 0.717) is 6.54 Å². The Hall–Kier alpha value is -2.92. The van der Waals surface area contributed by atoms with Gasteiger partial charge in [0.15, 0.2) is 5.76 Å². The third-order valence-corrected chi connectivity index (χ3v) is 4.90. The van der Waals surface area contributed by atoms with Gasteiger partial charge in [0.2, 0.25) is 0 Å². The van der Waals surface area contributed by atoms with Crippen LogP contribution in [0.4, 0.5) is 0 Å². The second-order valence-corrected chi connectivity index (χ2v) is 6.83. The molecule has 0 spiro atoms. The summed E-state index contributed by atoms with van der Waals surface area (Å²) in [5, 5.41) is 4.19. The summed E-state index contributed by atoms with van der Waals surface area (Å²) >= 11 is 0. The Labute approximate surface area is 159 Å². The third kappa shape index (κ3) is 4.26. The van der Waals surface area contributed by atoms with Gasteiger partial charge in [-0.3, -0.25) is 9.69 Å². The minimum atomic E-state index is 0.114. The number of amides is 1. The van der Waals surface area contributed by atoms with Gasteiger partial charge in [0, 0.05) is 43.4 Å². The number of hydrogen-bond donors (Lipinski definition) is 0. The molecule has 138 valence electrons. The summed E-state index contributed by atoms with van der Waals surface area (Å²) in [5.41, 5.74) is 2.68. The monoisotopic (exact) mass is 361 g/mol. The summed E-state index contributed by atoms with van der Waals surface area (Å²) in [5.74, 6) is 0.972. The fourth-order valence-corrected chi connectivity index (χ4v) is 3.45. The lowest BCUT2D eigenvalue weighted by molar-refractivity contribution is 0.0760. The highest BCUT2D eigenvalue weighted by atomic mass is 16.5. The van der Waals surface area contributed by atoms with E-state index in [2.05, 4.69) is 10.1 Å². The van der Waals surface area contributed by atoms with Gasteiger partial charge in [-0.25, -0.2) is 0 Å². The van der Waals surface area contributed by atoms with Gasteiger partial charge in [-0.05, 0) is 18.6 Å². The molecule has 1 fully saturated rings. The van der Waals surface area contributed by atoms with E-state index in [1.807, 2.05) is 71.6 Å². The summed E-state index contributed by atoms with van der Waals surface area (Å²) in [4.78, 5) is 16.9. The Morgan fingerprint density at radius 1 is 0.926 bits per heavy atom. The predicted molar refractivity (Wildman–Crippen MR) is 104 cm³/mol. The number of carbonyl (C=O) groups excluding carboxylic acids is 1. The van der Waals surface area contributed by atoms with E-state index in [0.717, 1.165) is 55.2 Å². The molecule has 27 heavy (non-hydrogen) atoms. The normalized spacial score (nSPS) is 15.5. The molecule has 1 aliphatic heterocycles. The summed E-state index contributed by atoms with van der Waals surface area (Å²) in [6.45, 7) is 4.01. The number of carbonyl (C=O) groups is 1. The minimum Gasteiger partial charge on any atom is -0.359 e. The van der Waals surface area contributed by atoms with Gasteiger partial charge in [-0.15, -0.1) is 0 Å². The first-order valence-electron chi connectivity index (χ1n) is 9.37. The molecule has 4 rings (SSSR count). The highest BCUT2D eigenvalue weighted by molar-refractivity contribution is 5.94. The first-order chi connectivity index (χ1) is 13.3. The molecule has 2 aromatic carbocycles. The van der Waals surface area contributed by atoms with Crippen molar-refractivity contribution in [2.45, 2.75) is 13.0 Å². The van der Waals surface area contributed by atoms with Crippen LogP contribution in [0, 0.1) is 0 Å². The van der Waals surface area contributed by atoms with Crippen LogP contribution in [0.5, 0.6) is 0 Å². The fourth-order valence-electron chi connectivity index (χ4n) is 3.45. The molecular formula is C22H23N3O2. The van der Waals surface area contributed by atoms with Gasteiger partial charge in [0.1, 0.15) is 5.69 Å². The van der Waals surface area contributed by atoms with E-state index in [1.54, 1.807) is 0 Å². The van der Waals surface area contributed by atoms with Crippen molar-refractivity contribution in [1.82, 2.24) is 15.0 Å². The Kier molecular flexibility index (Phi) is 5.30. The van der Waals surface area contributed by atoms with E-state index in [1.165, 1.54) is 0 Å². The van der Waals surface area contributed by atoms with Gasteiger partial charge in [0.25, 0.3) is 5.91 Å². The van der Waals surface area contributed by atoms with Crippen LogP contribution in [-0.2, 0) is 6.54 Å². The molecule has 0 unspecified atom stereocenters.